The summed E-state index contributed by atoms with van der Waals surface area (Å²) >= 11 is 0. The lowest BCUT2D eigenvalue weighted by Gasteiger charge is -2.42. The lowest BCUT2D eigenvalue weighted by Crippen LogP contribution is -2.75. The largest absolute Gasteiger partial charge is 0.460 e. The first-order valence-corrected chi connectivity index (χ1v) is 12.7. The molecule has 260 valence electrons. The summed E-state index contributed by atoms with van der Waals surface area (Å²) in [5.74, 6) is -62.9. The van der Waals surface area contributed by atoms with E-state index in [1.165, 1.54) is 13.8 Å². The van der Waals surface area contributed by atoms with Gasteiger partial charge in [0, 0.05) is 17.4 Å². The smallest absolute Gasteiger partial charge is 0.321 e. The van der Waals surface area contributed by atoms with Crippen molar-refractivity contribution in [1.29, 1.82) is 0 Å². The molecule has 2 rings (SSSR count). The second-order valence-corrected chi connectivity index (χ2v) is 10.7. The fourth-order valence-corrected chi connectivity index (χ4v) is 4.19. The van der Waals surface area contributed by atoms with Gasteiger partial charge in [0.15, 0.2) is 0 Å². The Labute approximate surface area is 244 Å². The van der Waals surface area contributed by atoms with Crippen molar-refractivity contribution in [1.82, 2.24) is 9.97 Å². The number of benzene rings is 1. The minimum absolute atomic E-state index is 0.0912. The zero-order valence-electron chi connectivity index (χ0n) is 21.8. The first-order valence-electron chi connectivity index (χ1n) is 11.2. The molecule has 0 spiro atoms. The van der Waals surface area contributed by atoms with Crippen LogP contribution in [0.5, 0.6) is 0 Å². The van der Waals surface area contributed by atoms with E-state index in [4.69, 9.17) is 0 Å². The summed E-state index contributed by atoms with van der Waals surface area (Å²) in [5, 5.41) is 0.681. The number of alkyl halides is 17. The number of carbonyl (C=O) groups excluding carboxylic acids is 1. The van der Waals surface area contributed by atoms with Crippen LogP contribution < -0.4 is 10.0 Å². The number of aromatic nitrogens is 2. The van der Waals surface area contributed by atoms with E-state index in [2.05, 4.69) is 9.97 Å². The number of nitrogens with one attached hydrogen (secondary N) is 2. The highest BCUT2D eigenvalue weighted by Crippen LogP contribution is 2.64. The molecule has 1 aromatic carbocycles. The predicted molar refractivity (Wildman–Crippen MR) is 118 cm³/mol. The van der Waals surface area contributed by atoms with Crippen LogP contribution in [0.1, 0.15) is 11.5 Å². The Hall–Kier alpha value is -3.67. The maximum atomic E-state index is 14.1. The SMILES string of the molecule is Cc1cc(NS(=O)(=O)c2ccc(NC(=O)C(F)(F)C(F)(F)C(F)(F)C(F)(F)C(F)(F)C(F)(F)C(F)(F)C(F)(F)F)cc2)nc(C)n1. The lowest BCUT2D eigenvalue weighted by atomic mass is 9.89. The molecule has 1 amide bonds. The van der Waals surface area contributed by atoms with Gasteiger partial charge < -0.3 is 5.32 Å². The van der Waals surface area contributed by atoms with Crippen LogP contribution >= 0.6 is 0 Å². The Morgan fingerprint density at radius 3 is 1.46 bits per heavy atom. The zero-order valence-corrected chi connectivity index (χ0v) is 22.7. The minimum atomic E-state index is -8.84. The summed E-state index contributed by atoms with van der Waals surface area (Å²) in [7, 11) is -4.59. The van der Waals surface area contributed by atoms with Crippen molar-refractivity contribution in [3.05, 3.63) is 41.9 Å². The standard InChI is InChI=1S/C21H13F17N4O3S/c1-8-7-12(40-9(2)39-8)42-46(44,45)11-5-3-10(4-6-11)41-13(43)14(22,23)15(24,25)16(26,27)17(28,29)18(30,31)19(32,33)20(34,35)21(36,37)38/h3-7H,1-2H3,(H,41,43)(H,39,40,42). The average molecular weight is 724 g/mol. The maximum Gasteiger partial charge on any atom is 0.460 e. The fourth-order valence-electron chi connectivity index (χ4n) is 3.20. The molecular weight excluding hydrogens is 711 g/mol. The number of hydrogen-bond donors (Lipinski definition) is 2. The second kappa shape index (κ2) is 11.2. The summed E-state index contributed by atoms with van der Waals surface area (Å²) in [5.41, 5.74) is -0.925. The quantitative estimate of drug-likeness (QED) is 0.247. The maximum absolute atomic E-state index is 14.1. The first-order chi connectivity index (χ1) is 20.2. The van der Waals surface area contributed by atoms with E-state index in [1.807, 2.05) is 4.72 Å². The van der Waals surface area contributed by atoms with Crippen molar-refractivity contribution >= 4 is 27.4 Å². The van der Waals surface area contributed by atoms with Gasteiger partial charge in [-0.15, -0.1) is 0 Å². The molecule has 0 saturated heterocycles. The van der Waals surface area contributed by atoms with E-state index in [1.54, 1.807) is 0 Å². The summed E-state index contributed by atoms with van der Waals surface area (Å²) < 4.78 is 255. The van der Waals surface area contributed by atoms with Crippen LogP contribution in [0.25, 0.3) is 0 Å². The summed E-state index contributed by atoms with van der Waals surface area (Å²) in [6.45, 7) is 2.80. The van der Waals surface area contributed by atoms with Crippen LogP contribution in [0.15, 0.2) is 35.2 Å². The number of halogens is 17. The molecule has 2 N–H and O–H groups in total. The van der Waals surface area contributed by atoms with Crippen molar-refractivity contribution in [2.24, 2.45) is 0 Å². The highest BCUT2D eigenvalue weighted by Gasteiger charge is 2.95. The number of hydrogen-bond acceptors (Lipinski definition) is 5. The van der Waals surface area contributed by atoms with Gasteiger partial charge in [0.1, 0.15) is 11.6 Å². The third kappa shape index (κ3) is 5.96. The number of aryl methyl sites for hydroxylation is 2. The number of carbonyl (C=O) groups is 1. The van der Waals surface area contributed by atoms with Crippen molar-refractivity contribution in [3.63, 3.8) is 0 Å². The minimum Gasteiger partial charge on any atom is -0.321 e. The molecule has 7 nitrogen and oxygen atoms in total. The van der Waals surface area contributed by atoms with E-state index in [-0.39, 0.29) is 17.3 Å². The molecule has 0 radical (unpaired) electrons. The van der Waals surface area contributed by atoms with E-state index in [9.17, 15) is 87.8 Å². The topological polar surface area (TPSA) is 101 Å². The number of sulfonamides is 1. The van der Waals surface area contributed by atoms with Crippen LogP contribution in [-0.2, 0) is 14.8 Å². The van der Waals surface area contributed by atoms with Crippen molar-refractivity contribution < 1.29 is 87.8 Å². The van der Waals surface area contributed by atoms with Crippen LogP contribution in [0.3, 0.4) is 0 Å². The highest BCUT2D eigenvalue weighted by atomic mass is 32.2. The monoisotopic (exact) mass is 724 g/mol. The van der Waals surface area contributed by atoms with E-state index in [0.717, 1.165) is 6.07 Å². The molecule has 0 saturated carbocycles. The molecule has 0 aliphatic heterocycles. The average Bonchev–Trinajstić information content (AvgIpc) is 2.86. The van der Waals surface area contributed by atoms with Crippen LogP contribution in [-0.4, -0.2) is 71.9 Å². The molecule has 1 aromatic heterocycles. The Balaban J connectivity index is 2.41. The highest BCUT2D eigenvalue weighted by molar-refractivity contribution is 7.92. The lowest BCUT2D eigenvalue weighted by molar-refractivity contribution is -0.459. The Bertz CT molecular complexity index is 1560. The third-order valence-electron chi connectivity index (χ3n) is 5.63. The second-order valence-electron chi connectivity index (χ2n) is 9.04. The van der Waals surface area contributed by atoms with Crippen LogP contribution in [0.4, 0.5) is 86.1 Å². The number of anilines is 2. The number of nitrogens with zero attached hydrogens (tertiary/aromatic N) is 2. The van der Waals surface area contributed by atoms with E-state index in [0.29, 0.717) is 29.6 Å². The molecule has 25 heteroatoms. The van der Waals surface area contributed by atoms with Crippen LogP contribution in [0.2, 0.25) is 0 Å². The van der Waals surface area contributed by atoms with Gasteiger partial charge in [0.25, 0.3) is 10.0 Å². The Morgan fingerprint density at radius 1 is 0.630 bits per heavy atom. The van der Waals surface area contributed by atoms with Gasteiger partial charge in [-0.3, -0.25) is 9.52 Å². The first kappa shape index (κ1) is 38.5. The molecule has 0 aliphatic rings. The van der Waals surface area contributed by atoms with Gasteiger partial charge in [-0.1, -0.05) is 0 Å². The zero-order chi connectivity index (χ0) is 36.3. The Kier molecular flexibility index (Phi) is 9.41. The molecule has 0 fully saturated rings. The van der Waals surface area contributed by atoms with Gasteiger partial charge in [0.05, 0.1) is 4.90 Å². The predicted octanol–water partition coefficient (Wildman–Crippen LogP) is 6.84. The van der Waals surface area contributed by atoms with Gasteiger partial charge in [-0.2, -0.15) is 74.6 Å². The van der Waals surface area contributed by atoms with Gasteiger partial charge >= 0.3 is 53.5 Å². The fraction of sp³-hybridized carbons (Fsp3) is 0.476. The third-order valence-corrected chi connectivity index (χ3v) is 7.01. The van der Waals surface area contributed by atoms with E-state index >= 15 is 0 Å². The molecule has 0 bridgehead atoms. The molecule has 1 heterocycles. The van der Waals surface area contributed by atoms with Crippen molar-refractivity contribution in [2.45, 2.75) is 66.4 Å². The van der Waals surface area contributed by atoms with Crippen molar-refractivity contribution in [2.75, 3.05) is 10.0 Å². The van der Waals surface area contributed by atoms with Crippen LogP contribution in [0, 0.1) is 13.8 Å². The molecule has 2 aromatic rings. The molecule has 0 atom stereocenters. The molecule has 0 unspecified atom stereocenters. The molecule has 46 heavy (non-hydrogen) atoms. The van der Waals surface area contributed by atoms with Gasteiger partial charge in [-0.25, -0.2) is 18.4 Å². The number of rotatable bonds is 11. The molecular formula is C21H13F17N4O3S. The molecule has 0 aliphatic carbocycles. The summed E-state index contributed by atoms with van der Waals surface area (Å²) in [6, 6.07) is 2.64. The van der Waals surface area contributed by atoms with Gasteiger partial charge in [-0.05, 0) is 38.1 Å². The van der Waals surface area contributed by atoms with Crippen molar-refractivity contribution in [3.8, 4) is 0 Å². The van der Waals surface area contributed by atoms with E-state index < -0.39 is 74.1 Å². The normalized spacial score (nSPS) is 14.7. The Morgan fingerprint density at radius 2 is 1.04 bits per heavy atom. The number of amides is 1. The summed E-state index contributed by atoms with van der Waals surface area (Å²) in [4.78, 5) is 18.5. The summed E-state index contributed by atoms with van der Waals surface area (Å²) in [6.07, 6.45) is -7.89. The van der Waals surface area contributed by atoms with Gasteiger partial charge in [0.2, 0.25) is 0 Å².